The van der Waals surface area contributed by atoms with E-state index in [9.17, 15) is 13.6 Å². The molecule has 0 saturated heterocycles. The van der Waals surface area contributed by atoms with Crippen molar-refractivity contribution in [1.29, 1.82) is 0 Å². The van der Waals surface area contributed by atoms with Crippen molar-refractivity contribution in [3.63, 3.8) is 0 Å². The zero-order chi connectivity index (χ0) is 14.0. The topological polar surface area (TPSA) is 45.8 Å². The van der Waals surface area contributed by atoms with Gasteiger partial charge < -0.3 is 4.98 Å². The van der Waals surface area contributed by atoms with Gasteiger partial charge in [0.1, 0.15) is 17.5 Å². The summed E-state index contributed by atoms with van der Waals surface area (Å²) in [6, 6.07) is 3.59. The van der Waals surface area contributed by atoms with Gasteiger partial charge in [-0.15, -0.1) is 0 Å². The monoisotopic (exact) mass is 264 g/mol. The van der Waals surface area contributed by atoms with Gasteiger partial charge in [-0.1, -0.05) is 13.0 Å². The molecule has 1 N–H and O–H groups in total. The second-order valence-corrected chi connectivity index (χ2v) is 4.33. The molecule has 0 aliphatic rings. The van der Waals surface area contributed by atoms with Crippen LogP contribution < -0.4 is 5.56 Å². The normalized spacial score (nSPS) is 10.7. The quantitative estimate of drug-likeness (QED) is 0.926. The summed E-state index contributed by atoms with van der Waals surface area (Å²) in [7, 11) is 0. The number of halogens is 2. The zero-order valence-corrected chi connectivity index (χ0v) is 10.8. The maximum Gasteiger partial charge on any atom is 0.254 e. The number of nitrogens with zero attached hydrogens (tertiary/aromatic N) is 1. The number of hydrogen-bond acceptors (Lipinski definition) is 2. The Hall–Kier alpha value is -2.04. The highest BCUT2D eigenvalue weighted by Crippen LogP contribution is 2.25. The molecule has 0 aliphatic carbocycles. The number of H-pyrrole nitrogens is 1. The molecule has 0 saturated carbocycles. The molecular weight excluding hydrogens is 250 g/mol. The van der Waals surface area contributed by atoms with Gasteiger partial charge >= 0.3 is 0 Å². The van der Waals surface area contributed by atoms with Crippen LogP contribution >= 0.6 is 0 Å². The SMILES string of the molecule is CCCc1nc(-c2c(F)cccc2F)c(C)c(=O)[nH]1. The summed E-state index contributed by atoms with van der Waals surface area (Å²) < 4.78 is 27.5. The molecule has 100 valence electrons. The van der Waals surface area contributed by atoms with Crippen molar-refractivity contribution in [1.82, 2.24) is 9.97 Å². The van der Waals surface area contributed by atoms with E-state index in [4.69, 9.17) is 0 Å². The van der Waals surface area contributed by atoms with Crippen LogP contribution in [0.15, 0.2) is 23.0 Å². The number of aryl methyl sites for hydroxylation is 1. The van der Waals surface area contributed by atoms with E-state index in [-0.39, 0.29) is 22.4 Å². The van der Waals surface area contributed by atoms with Gasteiger partial charge in [-0.25, -0.2) is 13.8 Å². The molecule has 0 atom stereocenters. The summed E-state index contributed by atoms with van der Waals surface area (Å²) in [5.74, 6) is -0.997. The number of rotatable bonds is 3. The molecule has 0 amide bonds. The predicted molar refractivity (Wildman–Crippen MR) is 68.9 cm³/mol. The number of aromatic amines is 1. The van der Waals surface area contributed by atoms with Gasteiger partial charge in [-0.05, 0) is 25.5 Å². The molecule has 2 aromatic rings. The van der Waals surface area contributed by atoms with Gasteiger partial charge in [0, 0.05) is 12.0 Å². The summed E-state index contributed by atoms with van der Waals surface area (Å²) in [6.07, 6.45) is 1.34. The molecule has 5 heteroatoms. The second-order valence-electron chi connectivity index (χ2n) is 4.33. The van der Waals surface area contributed by atoms with Crippen LogP contribution in [-0.4, -0.2) is 9.97 Å². The Morgan fingerprint density at radius 1 is 1.26 bits per heavy atom. The summed E-state index contributed by atoms with van der Waals surface area (Å²) in [4.78, 5) is 18.6. The highest BCUT2D eigenvalue weighted by Gasteiger charge is 2.17. The lowest BCUT2D eigenvalue weighted by Gasteiger charge is -2.09. The Bertz CT molecular complexity index is 645. The molecule has 1 aromatic carbocycles. The zero-order valence-electron chi connectivity index (χ0n) is 10.8. The van der Waals surface area contributed by atoms with Crippen molar-refractivity contribution >= 4 is 0 Å². The Kier molecular flexibility index (Phi) is 3.74. The van der Waals surface area contributed by atoms with Crippen LogP contribution in [0.25, 0.3) is 11.3 Å². The van der Waals surface area contributed by atoms with E-state index in [2.05, 4.69) is 9.97 Å². The molecule has 0 bridgehead atoms. The lowest BCUT2D eigenvalue weighted by molar-refractivity contribution is 0.588. The van der Waals surface area contributed by atoms with E-state index in [0.29, 0.717) is 12.2 Å². The Morgan fingerprint density at radius 2 is 1.89 bits per heavy atom. The van der Waals surface area contributed by atoms with Crippen molar-refractivity contribution in [2.75, 3.05) is 0 Å². The summed E-state index contributed by atoms with van der Waals surface area (Å²) in [5, 5.41) is 0. The Morgan fingerprint density at radius 3 is 2.47 bits per heavy atom. The first kappa shape index (κ1) is 13.4. The largest absolute Gasteiger partial charge is 0.310 e. The van der Waals surface area contributed by atoms with E-state index in [0.717, 1.165) is 18.6 Å². The van der Waals surface area contributed by atoms with Crippen LogP contribution in [0.5, 0.6) is 0 Å². The van der Waals surface area contributed by atoms with Crippen LogP contribution in [0.1, 0.15) is 24.7 Å². The third-order valence-electron chi connectivity index (χ3n) is 2.89. The first-order chi connectivity index (χ1) is 9.04. The van der Waals surface area contributed by atoms with Gasteiger partial charge in [0.05, 0.1) is 11.3 Å². The molecule has 0 spiro atoms. The molecule has 19 heavy (non-hydrogen) atoms. The first-order valence-corrected chi connectivity index (χ1v) is 6.08. The van der Waals surface area contributed by atoms with Crippen LogP contribution in [0.4, 0.5) is 8.78 Å². The van der Waals surface area contributed by atoms with Crippen molar-refractivity contribution < 1.29 is 8.78 Å². The van der Waals surface area contributed by atoms with Gasteiger partial charge in [0.25, 0.3) is 5.56 Å². The maximum absolute atomic E-state index is 13.8. The average Bonchev–Trinajstić information content (AvgIpc) is 2.35. The molecule has 1 heterocycles. The highest BCUT2D eigenvalue weighted by atomic mass is 19.1. The second kappa shape index (κ2) is 5.30. The highest BCUT2D eigenvalue weighted by molar-refractivity contribution is 5.63. The molecule has 2 rings (SSSR count). The minimum atomic E-state index is -0.719. The number of aromatic nitrogens is 2. The van der Waals surface area contributed by atoms with Crippen LogP contribution in [-0.2, 0) is 6.42 Å². The molecule has 0 fully saturated rings. The molecule has 0 radical (unpaired) electrons. The van der Waals surface area contributed by atoms with Gasteiger partial charge in [0.2, 0.25) is 0 Å². The lowest BCUT2D eigenvalue weighted by atomic mass is 10.1. The third kappa shape index (κ3) is 2.54. The van der Waals surface area contributed by atoms with Crippen LogP contribution in [0.3, 0.4) is 0 Å². The summed E-state index contributed by atoms with van der Waals surface area (Å²) in [6.45, 7) is 3.44. The first-order valence-electron chi connectivity index (χ1n) is 6.08. The van der Waals surface area contributed by atoms with Gasteiger partial charge in [-0.3, -0.25) is 4.79 Å². The number of hydrogen-bond donors (Lipinski definition) is 1. The lowest BCUT2D eigenvalue weighted by Crippen LogP contribution is -2.16. The van der Waals surface area contributed by atoms with Crippen molar-refractivity contribution in [2.24, 2.45) is 0 Å². The van der Waals surface area contributed by atoms with Crippen molar-refractivity contribution in [3.8, 4) is 11.3 Å². The third-order valence-corrected chi connectivity index (χ3v) is 2.89. The standard InChI is InChI=1S/C14H14F2N2O/c1-3-5-11-17-13(8(2)14(19)18-11)12-9(15)6-4-7-10(12)16/h4,6-7H,3,5H2,1-2H3,(H,17,18,19). The Labute approximate surface area is 109 Å². The fourth-order valence-corrected chi connectivity index (χ4v) is 1.90. The van der Waals surface area contributed by atoms with E-state index < -0.39 is 11.6 Å². The maximum atomic E-state index is 13.8. The molecule has 3 nitrogen and oxygen atoms in total. The Balaban J connectivity index is 2.71. The predicted octanol–water partition coefficient (Wildman–Crippen LogP) is 2.98. The van der Waals surface area contributed by atoms with E-state index in [1.807, 2.05) is 6.92 Å². The molecular formula is C14H14F2N2O. The van der Waals surface area contributed by atoms with E-state index in [1.54, 1.807) is 0 Å². The van der Waals surface area contributed by atoms with E-state index >= 15 is 0 Å². The van der Waals surface area contributed by atoms with Crippen molar-refractivity contribution in [2.45, 2.75) is 26.7 Å². The minimum absolute atomic E-state index is 0.0720. The fourth-order valence-electron chi connectivity index (χ4n) is 1.90. The average molecular weight is 264 g/mol. The molecule has 1 aromatic heterocycles. The van der Waals surface area contributed by atoms with E-state index in [1.165, 1.54) is 13.0 Å². The summed E-state index contributed by atoms with van der Waals surface area (Å²) >= 11 is 0. The summed E-state index contributed by atoms with van der Waals surface area (Å²) in [5.41, 5.74) is -0.328. The van der Waals surface area contributed by atoms with Crippen molar-refractivity contribution in [3.05, 3.63) is 51.6 Å². The molecule has 0 unspecified atom stereocenters. The number of nitrogens with one attached hydrogen (secondary N) is 1. The van der Waals surface area contributed by atoms with Crippen LogP contribution in [0, 0.1) is 18.6 Å². The minimum Gasteiger partial charge on any atom is -0.310 e. The van der Waals surface area contributed by atoms with Gasteiger partial charge in [-0.2, -0.15) is 0 Å². The van der Waals surface area contributed by atoms with Crippen LogP contribution in [0.2, 0.25) is 0 Å². The molecule has 0 aliphatic heterocycles. The fraction of sp³-hybridized carbons (Fsp3) is 0.286. The smallest absolute Gasteiger partial charge is 0.254 e. The number of benzene rings is 1. The van der Waals surface area contributed by atoms with Gasteiger partial charge in [0.15, 0.2) is 0 Å².